The van der Waals surface area contributed by atoms with Crippen LogP contribution in [-0.4, -0.2) is 16.7 Å². The van der Waals surface area contributed by atoms with Gasteiger partial charge in [0, 0.05) is 12.6 Å². The summed E-state index contributed by atoms with van der Waals surface area (Å²) in [5, 5.41) is 0. The van der Waals surface area contributed by atoms with Gasteiger partial charge < -0.3 is 15.0 Å². The van der Waals surface area contributed by atoms with Crippen LogP contribution in [0.3, 0.4) is 0 Å². The van der Waals surface area contributed by atoms with E-state index in [1.54, 1.807) is 7.11 Å². The molecule has 0 aliphatic carbocycles. The van der Waals surface area contributed by atoms with E-state index >= 15 is 0 Å². The Labute approximate surface area is 109 Å². The number of hydrogen-bond donors (Lipinski definition) is 1. The zero-order valence-electron chi connectivity index (χ0n) is 9.99. The van der Waals surface area contributed by atoms with Crippen LogP contribution >= 0.6 is 15.9 Å². The number of rotatable bonds is 2. The summed E-state index contributed by atoms with van der Waals surface area (Å²) < 4.78 is 7.93. The maximum Gasteiger partial charge on any atom is 0.201 e. The van der Waals surface area contributed by atoms with Crippen LogP contribution in [0.25, 0.3) is 11.3 Å². The van der Waals surface area contributed by atoms with Crippen LogP contribution in [0.1, 0.15) is 5.56 Å². The molecule has 0 spiro atoms. The Bertz CT molecular complexity index is 563. The third-order valence-corrected chi connectivity index (χ3v) is 3.25. The molecule has 0 atom stereocenters. The van der Waals surface area contributed by atoms with Gasteiger partial charge in [-0.15, -0.1) is 0 Å². The first kappa shape index (κ1) is 12.0. The van der Waals surface area contributed by atoms with Crippen LogP contribution in [0.15, 0.2) is 22.8 Å². The summed E-state index contributed by atoms with van der Waals surface area (Å²) in [5.74, 6) is 1.27. The molecule has 17 heavy (non-hydrogen) atoms. The van der Waals surface area contributed by atoms with Crippen LogP contribution in [0, 0.1) is 6.92 Å². The van der Waals surface area contributed by atoms with Crippen molar-refractivity contribution >= 4 is 21.9 Å². The predicted octanol–water partition coefficient (Wildman–Crippen LogP) is 2.75. The normalized spacial score (nSPS) is 10.6. The average molecular weight is 296 g/mol. The van der Waals surface area contributed by atoms with Gasteiger partial charge in [0.2, 0.25) is 5.95 Å². The monoisotopic (exact) mass is 295 g/mol. The highest BCUT2D eigenvalue weighted by molar-refractivity contribution is 9.10. The largest absolute Gasteiger partial charge is 0.496 e. The minimum absolute atomic E-state index is 0.468. The van der Waals surface area contributed by atoms with E-state index in [-0.39, 0.29) is 0 Å². The van der Waals surface area contributed by atoms with Gasteiger partial charge in [-0.1, -0.05) is 11.6 Å². The van der Waals surface area contributed by atoms with Crippen molar-refractivity contribution in [1.82, 2.24) is 9.55 Å². The molecular formula is C12H14BrN3O. The van der Waals surface area contributed by atoms with Gasteiger partial charge in [-0.3, -0.25) is 0 Å². The van der Waals surface area contributed by atoms with E-state index < -0.39 is 0 Å². The van der Waals surface area contributed by atoms with Crippen LogP contribution in [0.5, 0.6) is 5.75 Å². The first-order valence-electron chi connectivity index (χ1n) is 5.17. The summed E-state index contributed by atoms with van der Waals surface area (Å²) in [4.78, 5) is 4.19. The van der Waals surface area contributed by atoms with Crippen molar-refractivity contribution in [2.75, 3.05) is 12.8 Å². The molecule has 90 valence electrons. The SMILES string of the molecule is COc1ccc(C)cc1-c1c(Br)nc(N)n1C. The maximum atomic E-state index is 5.79. The Kier molecular flexibility index (Phi) is 3.11. The second-order valence-corrected chi connectivity index (χ2v) is 4.62. The molecular weight excluding hydrogens is 282 g/mol. The van der Waals surface area contributed by atoms with Gasteiger partial charge in [0.25, 0.3) is 0 Å². The number of benzene rings is 1. The molecule has 0 unspecified atom stereocenters. The fourth-order valence-corrected chi connectivity index (χ4v) is 2.44. The molecule has 0 saturated carbocycles. The maximum absolute atomic E-state index is 5.79. The van der Waals surface area contributed by atoms with Crippen molar-refractivity contribution in [3.05, 3.63) is 28.4 Å². The molecule has 1 aromatic heterocycles. The first-order valence-corrected chi connectivity index (χ1v) is 5.96. The number of aromatic nitrogens is 2. The van der Waals surface area contributed by atoms with Crippen molar-refractivity contribution in [2.24, 2.45) is 7.05 Å². The minimum atomic E-state index is 0.468. The van der Waals surface area contributed by atoms with Crippen molar-refractivity contribution in [1.29, 1.82) is 0 Å². The number of methoxy groups -OCH3 is 1. The number of ether oxygens (including phenoxy) is 1. The second kappa shape index (κ2) is 4.41. The van der Waals surface area contributed by atoms with E-state index in [2.05, 4.69) is 27.0 Å². The van der Waals surface area contributed by atoms with Crippen molar-refractivity contribution in [2.45, 2.75) is 6.92 Å². The van der Waals surface area contributed by atoms with Gasteiger partial charge in [0.1, 0.15) is 10.4 Å². The molecule has 4 nitrogen and oxygen atoms in total. The topological polar surface area (TPSA) is 53.1 Å². The summed E-state index contributed by atoms with van der Waals surface area (Å²) >= 11 is 3.43. The zero-order valence-corrected chi connectivity index (χ0v) is 11.6. The lowest BCUT2D eigenvalue weighted by atomic mass is 10.1. The van der Waals surface area contributed by atoms with Crippen molar-refractivity contribution in [3.8, 4) is 17.0 Å². The van der Waals surface area contributed by atoms with E-state index in [9.17, 15) is 0 Å². The standard InChI is InChI=1S/C12H14BrN3O/c1-7-4-5-9(17-3)8(6-7)10-11(13)15-12(14)16(10)2/h4-6H,1-3H3,(H2,14,15). The van der Waals surface area contributed by atoms with Crippen LogP contribution in [0.2, 0.25) is 0 Å². The molecule has 0 bridgehead atoms. The van der Waals surface area contributed by atoms with E-state index in [4.69, 9.17) is 10.5 Å². The Morgan fingerprint density at radius 1 is 1.41 bits per heavy atom. The molecule has 2 aromatic rings. The molecule has 0 fully saturated rings. The Hall–Kier alpha value is -1.49. The van der Waals surface area contributed by atoms with Gasteiger partial charge in [-0.05, 0) is 35.0 Å². The van der Waals surface area contributed by atoms with Gasteiger partial charge >= 0.3 is 0 Å². The fourth-order valence-electron chi connectivity index (χ4n) is 1.78. The summed E-state index contributed by atoms with van der Waals surface area (Å²) in [7, 11) is 3.53. The summed E-state index contributed by atoms with van der Waals surface area (Å²) in [5.41, 5.74) is 8.85. The molecule has 5 heteroatoms. The van der Waals surface area contributed by atoms with Gasteiger partial charge in [-0.2, -0.15) is 0 Å². The molecule has 1 aromatic carbocycles. The van der Waals surface area contributed by atoms with Gasteiger partial charge in [0.15, 0.2) is 0 Å². The van der Waals surface area contributed by atoms with Crippen LogP contribution in [0.4, 0.5) is 5.95 Å². The van der Waals surface area contributed by atoms with E-state index in [1.165, 1.54) is 0 Å². The van der Waals surface area contributed by atoms with Crippen LogP contribution < -0.4 is 10.5 Å². The van der Waals surface area contributed by atoms with E-state index in [1.807, 2.05) is 30.7 Å². The Morgan fingerprint density at radius 3 is 2.65 bits per heavy atom. The smallest absolute Gasteiger partial charge is 0.201 e. The molecule has 2 N–H and O–H groups in total. The fraction of sp³-hybridized carbons (Fsp3) is 0.250. The summed E-state index contributed by atoms with van der Waals surface area (Å²) in [6.45, 7) is 2.04. The number of halogens is 1. The lowest BCUT2D eigenvalue weighted by Gasteiger charge is -2.10. The third-order valence-electron chi connectivity index (χ3n) is 2.70. The molecule has 0 amide bonds. The van der Waals surface area contributed by atoms with Gasteiger partial charge in [-0.25, -0.2) is 4.98 Å². The highest BCUT2D eigenvalue weighted by Crippen LogP contribution is 2.36. The number of anilines is 1. The lowest BCUT2D eigenvalue weighted by molar-refractivity contribution is 0.416. The number of nitrogen functional groups attached to an aromatic ring is 1. The molecule has 0 aliphatic rings. The Morgan fingerprint density at radius 2 is 2.12 bits per heavy atom. The summed E-state index contributed by atoms with van der Waals surface area (Å²) in [6.07, 6.45) is 0. The second-order valence-electron chi connectivity index (χ2n) is 3.87. The van der Waals surface area contributed by atoms with Crippen LogP contribution in [-0.2, 0) is 7.05 Å². The number of nitrogens with two attached hydrogens (primary N) is 1. The molecule has 1 heterocycles. The number of hydrogen-bond acceptors (Lipinski definition) is 3. The highest BCUT2D eigenvalue weighted by atomic mass is 79.9. The van der Waals surface area contributed by atoms with E-state index in [0.29, 0.717) is 5.95 Å². The molecule has 2 rings (SSSR count). The third kappa shape index (κ3) is 2.02. The number of aryl methyl sites for hydroxylation is 1. The van der Waals surface area contributed by atoms with Gasteiger partial charge in [0.05, 0.1) is 12.8 Å². The predicted molar refractivity (Wildman–Crippen MR) is 72.0 cm³/mol. The van der Waals surface area contributed by atoms with E-state index in [0.717, 1.165) is 27.2 Å². The average Bonchev–Trinajstić information content (AvgIpc) is 2.53. The summed E-state index contributed by atoms with van der Waals surface area (Å²) in [6, 6.07) is 6.01. The molecule has 0 aliphatic heterocycles. The first-order chi connectivity index (χ1) is 8.04. The zero-order chi connectivity index (χ0) is 12.6. The van der Waals surface area contributed by atoms with Crippen molar-refractivity contribution < 1.29 is 4.74 Å². The quantitative estimate of drug-likeness (QED) is 0.927. The number of imidazole rings is 1. The highest BCUT2D eigenvalue weighted by Gasteiger charge is 2.16. The molecule has 0 saturated heterocycles. The minimum Gasteiger partial charge on any atom is -0.496 e. The van der Waals surface area contributed by atoms with Crippen molar-refractivity contribution in [3.63, 3.8) is 0 Å². The molecule has 0 radical (unpaired) electrons. The lowest BCUT2D eigenvalue weighted by Crippen LogP contribution is -1.99. The Balaban J connectivity index is 2.71. The number of nitrogens with zero attached hydrogens (tertiary/aromatic N) is 2.